The van der Waals surface area contributed by atoms with Gasteiger partial charge in [0, 0.05) is 6.92 Å². The number of hydrogen-bond acceptors (Lipinski definition) is 7. The van der Waals surface area contributed by atoms with Gasteiger partial charge in [0.2, 0.25) is 5.91 Å². The number of ether oxygens (including phenoxy) is 3. The number of nitrogens with zero attached hydrogens (tertiary/aromatic N) is 1. The minimum atomic E-state index is -2.00. The van der Waals surface area contributed by atoms with Crippen LogP contribution in [0.2, 0.25) is 18.1 Å². The molecule has 10 heteroatoms. The summed E-state index contributed by atoms with van der Waals surface area (Å²) >= 11 is 0. The molecule has 4 atom stereocenters. The molecule has 1 aromatic heterocycles. The molecule has 9 nitrogen and oxygen atoms in total. The second-order valence-electron chi connectivity index (χ2n) is 10.3. The van der Waals surface area contributed by atoms with Crippen molar-refractivity contribution < 1.29 is 23.4 Å². The number of carbonyl (C=O) groups excluding carboxylic acids is 1. The molecule has 3 heterocycles. The highest BCUT2D eigenvalue weighted by Crippen LogP contribution is 2.46. The maximum absolute atomic E-state index is 12.1. The van der Waals surface area contributed by atoms with Gasteiger partial charge in [0.15, 0.2) is 14.1 Å². The van der Waals surface area contributed by atoms with Gasteiger partial charge in [-0.3, -0.25) is 9.59 Å². The first-order valence-corrected chi connectivity index (χ1v) is 13.6. The van der Waals surface area contributed by atoms with Gasteiger partial charge >= 0.3 is 0 Å². The van der Waals surface area contributed by atoms with Crippen LogP contribution in [-0.4, -0.2) is 54.9 Å². The topological polar surface area (TPSA) is 112 Å². The zero-order valence-electron chi connectivity index (χ0n) is 19.9. The zero-order valence-corrected chi connectivity index (χ0v) is 20.9. The summed E-state index contributed by atoms with van der Waals surface area (Å²) in [6.07, 6.45) is -1.81. The van der Waals surface area contributed by atoms with Crippen molar-refractivity contribution in [3.8, 4) is 0 Å². The summed E-state index contributed by atoms with van der Waals surface area (Å²) < 4.78 is 25.1. The van der Waals surface area contributed by atoms with Gasteiger partial charge in [-0.05, 0) is 38.9 Å². The molecule has 0 aliphatic carbocycles. The first kappa shape index (κ1) is 24.1. The molecule has 0 radical (unpaired) electrons. The number of aromatic amines is 1. The Labute approximate surface area is 184 Å². The van der Waals surface area contributed by atoms with Crippen molar-refractivity contribution in [2.45, 2.75) is 96.8 Å². The molecule has 2 N–H and O–H groups in total. The monoisotopic (exact) mass is 453 g/mol. The molecule has 31 heavy (non-hydrogen) atoms. The molecule has 2 aliphatic heterocycles. The van der Waals surface area contributed by atoms with Gasteiger partial charge in [0.1, 0.15) is 41.6 Å². The summed E-state index contributed by atoms with van der Waals surface area (Å²) in [4.78, 5) is 31.0. The summed E-state index contributed by atoms with van der Waals surface area (Å²) in [7, 11) is -2.00. The Morgan fingerprint density at radius 1 is 1.26 bits per heavy atom. The van der Waals surface area contributed by atoms with Gasteiger partial charge in [-0.2, -0.15) is 0 Å². The molecule has 1 aromatic rings. The number of H-pyrrole nitrogens is 1. The van der Waals surface area contributed by atoms with Crippen LogP contribution in [0.5, 0.6) is 0 Å². The lowest BCUT2D eigenvalue weighted by molar-refractivity contribution is -0.191. The third-order valence-corrected chi connectivity index (χ3v) is 10.7. The third kappa shape index (κ3) is 4.93. The van der Waals surface area contributed by atoms with Gasteiger partial charge in [-0.15, -0.1) is 0 Å². The van der Waals surface area contributed by atoms with Crippen LogP contribution in [0.15, 0.2) is 4.79 Å². The van der Waals surface area contributed by atoms with Gasteiger partial charge in [0.05, 0.1) is 6.61 Å². The number of fused-ring (bicyclic) bond motifs is 1. The van der Waals surface area contributed by atoms with Crippen molar-refractivity contribution in [2.75, 3.05) is 11.9 Å². The lowest BCUT2D eigenvalue weighted by Gasteiger charge is -2.37. The molecule has 2 aliphatic rings. The number of amides is 1. The Bertz CT molecular complexity index is 907. The second kappa shape index (κ2) is 8.07. The van der Waals surface area contributed by atoms with Gasteiger partial charge in [0.25, 0.3) is 5.56 Å². The molecule has 0 saturated carbocycles. The van der Waals surface area contributed by atoms with Crippen molar-refractivity contribution in [3.63, 3.8) is 0 Å². The van der Waals surface area contributed by atoms with E-state index in [2.05, 4.69) is 49.1 Å². The van der Waals surface area contributed by atoms with E-state index in [0.29, 0.717) is 12.3 Å². The molecule has 0 spiro atoms. The van der Waals surface area contributed by atoms with Crippen molar-refractivity contribution in [2.24, 2.45) is 0 Å². The van der Waals surface area contributed by atoms with Crippen LogP contribution >= 0.6 is 0 Å². The molecule has 0 aromatic carbocycles. The van der Waals surface area contributed by atoms with Crippen molar-refractivity contribution >= 4 is 20.0 Å². The normalized spacial score (nSPS) is 27.9. The Balaban J connectivity index is 1.93. The first-order chi connectivity index (χ1) is 14.1. The van der Waals surface area contributed by atoms with Crippen LogP contribution in [0, 0.1) is 6.92 Å². The fraction of sp³-hybridized carbons (Fsp3) is 0.762. The van der Waals surface area contributed by atoms with E-state index >= 15 is 0 Å². The number of aromatic nitrogens is 2. The zero-order chi connectivity index (χ0) is 23.4. The molecule has 1 amide bonds. The van der Waals surface area contributed by atoms with Crippen LogP contribution < -0.4 is 10.9 Å². The number of nitrogens with one attached hydrogen (secondary N) is 2. The van der Waals surface area contributed by atoms with Gasteiger partial charge < -0.3 is 28.9 Å². The highest BCUT2D eigenvalue weighted by molar-refractivity contribution is 6.74. The number of hydrogen-bond donors (Lipinski definition) is 2. The van der Waals surface area contributed by atoms with Gasteiger partial charge in [-0.1, -0.05) is 20.8 Å². The van der Waals surface area contributed by atoms with Crippen LogP contribution in [0.4, 0.5) is 5.82 Å². The number of aryl methyl sites for hydroxylation is 1. The number of anilines is 1. The van der Waals surface area contributed by atoms with E-state index in [9.17, 15) is 9.59 Å². The Hall–Kier alpha value is -1.59. The Morgan fingerprint density at radius 3 is 2.45 bits per heavy atom. The molecular weight excluding hydrogens is 418 g/mol. The minimum absolute atomic E-state index is 0.0624. The first-order valence-electron chi connectivity index (χ1n) is 10.6. The smallest absolute Gasteiger partial charge is 0.270 e. The van der Waals surface area contributed by atoms with E-state index in [1.54, 1.807) is 6.92 Å². The van der Waals surface area contributed by atoms with Crippen molar-refractivity contribution in [3.05, 3.63) is 21.7 Å². The van der Waals surface area contributed by atoms with E-state index in [0.717, 1.165) is 0 Å². The van der Waals surface area contributed by atoms with Crippen LogP contribution in [0.25, 0.3) is 0 Å². The Kier molecular flexibility index (Phi) is 6.27. The standard InChI is InChI=1S/C21H35N3O6Si/c1-11-19(26)24-18(23-12(2)25)14(22-11)16-17-15(29-21(6,7)30-17)13(28-16)10-27-31(8,9)20(3,4)5/h13,15-17H,10H2,1-9H3,(H2,23,24,25,26)/t13-,15-,16+,17-/m1/s1. The molecule has 0 bridgehead atoms. The SMILES string of the molecule is CC(=O)Nc1[nH]c(=O)c(C)nc1[C@@H]1O[C@H](CO[Si](C)(C)C(C)(C)C)[C@H]2OC(C)(C)O[C@H]21. The maximum atomic E-state index is 12.1. The van der Waals surface area contributed by atoms with Crippen LogP contribution in [0.1, 0.15) is 59.0 Å². The summed E-state index contributed by atoms with van der Waals surface area (Å²) in [5.41, 5.74) is 0.325. The lowest BCUT2D eigenvalue weighted by Crippen LogP contribution is -2.44. The van der Waals surface area contributed by atoms with E-state index < -0.39 is 26.3 Å². The largest absolute Gasteiger partial charge is 0.414 e. The minimum Gasteiger partial charge on any atom is -0.414 e. The van der Waals surface area contributed by atoms with Crippen molar-refractivity contribution in [1.82, 2.24) is 9.97 Å². The quantitative estimate of drug-likeness (QED) is 0.659. The molecule has 2 saturated heterocycles. The Morgan fingerprint density at radius 2 is 1.87 bits per heavy atom. The molecule has 0 unspecified atom stereocenters. The summed E-state index contributed by atoms with van der Waals surface area (Å²) in [6, 6.07) is 0. The predicted octanol–water partition coefficient (Wildman–Crippen LogP) is 3.02. The van der Waals surface area contributed by atoms with E-state index in [1.165, 1.54) is 6.92 Å². The molecule has 2 fully saturated rings. The highest BCUT2D eigenvalue weighted by atomic mass is 28.4. The molecule has 174 valence electrons. The van der Waals surface area contributed by atoms with E-state index in [4.69, 9.17) is 18.6 Å². The number of rotatable bonds is 5. The molecular formula is C21H35N3O6Si. The lowest BCUT2D eigenvalue weighted by atomic mass is 10.1. The maximum Gasteiger partial charge on any atom is 0.270 e. The van der Waals surface area contributed by atoms with Gasteiger partial charge in [-0.25, -0.2) is 4.98 Å². The predicted molar refractivity (Wildman–Crippen MR) is 118 cm³/mol. The fourth-order valence-corrected chi connectivity index (χ4v) is 4.59. The molecule has 3 rings (SSSR count). The van der Waals surface area contributed by atoms with Crippen LogP contribution in [0.3, 0.4) is 0 Å². The van der Waals surface area contributed by atoms with Crippen LogP contribution in [-0.2, 0) is 23.4 Å². The van der Waals surface area contributed by atoms with E-state index in [1.807, 2.05) is 13.8 Å². The summed E-state index contributed by atoms with van der Waals surface area (Å²) in [5.74, 6) is -0.900. The third-order valence-electron chi connectivity index (χ3n) is 6.25. The fourth-order valence-electron chi connectivity index (χ4n) is 3.58. The second-order valence-corrected chi connectivity index (χ2v) is 15.1. The summed E-state index contributed by atoms with van der Waals surface area (Å²) in [5, 5.41) is 2.71. The number of carbonyl (C=O) groups is 1. The average molecular weight is 454 g/mol. The average Bonchev–Trinajstić information content (AvgIpc) is 3.08. The van der Waals surface area contributed by atoms with E-state index in [-0.39, 0.29) is 40.2 Å². The summed E-state index contributed by atoms with van der Waals surface area (Å²) in [6.45, 7) is 18.0. The highest BCUT2D eigenvalue weighted by Gasteiger charge is 2.57. The van der Waals surface area contributed by atoms with Crippen molar-refractivity contribution in [1.29, 1.82) is 0 Å².